The maximum Gasteiger partial charge on any atom is 0.0295 e. The summed E-state index contributed by atoms with van der Waals surface area (Å²) < 4.78 is 1.13. The van der Waals surface area contributed by atoms with Gasteiger partial charge in [0.15, 0.2) is 0 Å². The topological polar surface area (TPSA) is 12.0 Å². The molecule has 1 N–H and O–H groups in total. The van der Waals surface area contributed by atoms with E-state index in [4.69, 9.17) is 0 Å². The smallest absolute Gasteiger partial charge is 0.0295 e. The Morgan fingerprint density at radius 3 is 2.93 bits per heavy atom. The van der Waals surface area contributed by atoms with Gasteiger partial charge in [0.05, 0.1) is 0 Å². The van der Waals surface area contributed by atoms with E-state index in [1.807, 2.05) is 13.0 Å². The average Bonchev–Trinajstić information content (AvgIpc) is 2.18. The number of allylic oxidation sites excluding steroid dienone is 1. The van der Waals surface area contributed by atoms with Crippen molar-refractivity contribution in [3.05, 3.63) is 46.5 Å². The fourth-order valence-corrected chi connectivity index (χ4v) is 1.67. The quantitative estimate of drug-likeness (QED) is 0.808. The molecule has 0 saturated heterocycles. The van der Waals surface area contributed by atoms with E-state index >= 15 is 0 Å². The molecule has 0 saturated carbocycles. The Bertz CT molecular complexity index is 307. The molecule has 1 unspecified atom stereocenters. The lowest BCUT2D eigenvalue weighted by Gasteiger charge is -2.12. The summed E-state index contributed by atoms with van der Waals surface area (Å²) in [7, 11) is 0. The molecular formula is C12H16BrN. The lowest BCUT2D eigenvalue weighted by molar-refractivity contribution is 0.617. The second kappa shape index (κ2) is 5.99. The van der Waals surface area contributed by atoms with Crippen LogP contribution < -0.4 is 5.32 Å². The number of hydrogen-bond donors (Lipinski definition) is 1. The molecule has 1 nitrogen and oxygen atoms in total. The lowest BCUT2D eigenvalue weighted by atomic mass is 10.1. The Balaban J connectivity index is 2.55. The van der Waals surface area contributed by atoms with Crippen LogP contribution in [0, 0.1) is 0 Å². The Labute approximate surface area is 94.3 Å². The zero-order chi connectivity index (χ0) is 10.4. The van der Waals surface area contributed by atoms with Crippen LogP contribution in [-0.2, 0) is 0 Å². The highest BCUT2D eigenvalue weighted by Gasteiger charge is 2.02. The van der Waals surface area contributed by atoms with Crippen molar-refractivity contribution in [3.63, 3.8) is 0 Å². The van der Waals surface area contributed by atoms with E-state index in [0.29, 0.717) is 6.04 Å². The van der Waals surface area contributed by atoms with Gasteiger partial charge in [0.2, 0.25) is 0 Å². The maximum atomic E-state index is 3.47. The van der Waals surface area contributed by atoms with Gasteiger partial charge in [0.1, 0.15) is 0 Å². The average molecular weight is 254 g/mol. The highest BCUT2D eigenvalue weighted by molar-refractivity contribution is 9.10. The van der Waals surface area contributed by atoms with Crippen LogP contribution in [0.25, 0.3) is 0 Å². The van der Waals surface area contributed by atoms with E-state index < -0.39 is 0 Å². The molecule has 0 aliphatic heterocycles. The monoisotopic (exact) mass is 253 g/mol. The largest absolute Gasteiger partial charge is 0.307 e. The number of rotatable bonds is 4. The standard InChI is InChI=1S/C12H16BrN/c1-3-4-8-14-10(2)11-6-5-7-12(13)9-11/h3-7,9-10,14H,8H2,1-2H3/b4-3+. The van der Waals surface area contributed by atoms with Crippen LogP contribution in [0.1, 0.15) is 25.5 Å². The summed E-state index contributed by atoms with van der Waals surface area (Å²) in [4.78, 5) is 0. The summed E-state index contributed by atoms with van der Waals surface area (Å²) in [5.74, 6) is 0. The number of nitrogens with one attached hydrogen (secondary N) is 1. The van der Waals surface area contributed by atoms with E-state index in [9.17, 15) is 0 Å². The van der Waals surface area contributed by atoms with Gasteiger partial charge in [-0.05, 0) is 31.5 Å². The highest BCUT2D eigenvalue weighted by atomic mass is 79.9. The lowest BCUT2D eigenvalue weighted by Crippen LogP contribution is -2.18. The van der Waals surface area contributed by atoms with Gasteiger partial charge in [-0.1, -0.05) is 40.2 Å². The molecule has 14 heavy (non-hydrogen) atoms. The zero-order valence-corrected chi connectivity index (χ0v) is 10.2. The maximum absolute atomic E-state index is 3.47. The molecule has 0 amide bonds. The van der Waals surface area contributed by atoms with E-state index in [-0.39, 0.29) is 0 Å². The van der Waals surface area contributed by atoms with Crippen molar-refractivity contribution in [2.45, 2.75) is 19.9 Å². The summed E-state index contributed by atoms with van der Waals surface area (Å²) >= 11 is 3.47. The van der Waals surface area contributed by atoms with Crippen molar-refractivity contribution < 1.29 is 0 Å². The van der Waals surface area contributed by atoms with Crippen molar-refractivity contribution >= 4 is 15.9 Å². The molecule has 0 radical (unpaired) electrons. The normalized spacial score (nSPS) is 13.4. The molecular weight excluding hydrogens is 238 g/mol. The van der Waals surface area contributed by atoms with Gasteiger partial charge < -0.3 is 5.32 Å². The van der Waals surface area contributed by atoms with Crippen LogP contribution in [0.2, 0.25) is 0 Å². The first kappa shape index (κ1) is 11.5. The van der Waals surface area contributed by atoms with Crippen LogP contribution >= 0.6 is 15.9 Å². The molecule has 1 rings (SSSR count). The Morgan fingerprint density at radius 2 is 2.29 bits per heavy atom. The number of halogens is 1. The van der Waals surface area contributed by atoms with Crippen molar-refractivity contribution in [3.8, 4) is 0 Å². The SMILES string of the molecule is C/C=C/CNC(C)c1cccc(Br)c1. The molecule has 0 aliphatic rings. The van der Waals surface area contributed by atoms with Gasteiger partial charge in [0.25, 0.3) is 0 Å². The molecule has 1 atom stereocenters. The molecule has 1 aromatic carbocycles. The molecule has 0 spiro atoms. The number of hydrogen-bond acceptors (Lipinski definition) is 1. The van der Waals surface area contributed by atoms with Crippen LogP contribution in [0.5, 0.6) is 0 Å². The molecule has 0 bridgehead atoms. The molecule has 0 heterocycles. The minimum absolute atomic E-state index is 0.392. The first-order chi connectivity index (χ1) is 6.74. The fraction of sp³-hybridized carbons (Fsp3) is 0.333. The molecule has 76 valence electrons. The summed E-state index contributed by atoms with van der Waals surface area (Å²) in [6.07, 6.45) is 4.18. The van der Waals surface area contributed by atoms with Crippen molar-refractivity contribution in [2.24, 2.45) is 0 Å². The first-order valence-electron chi connectivity index (χ1n) is 4.84. The van der Waals surface area contributed by atoms with Crippen molar-refractivity contribution in [1.82, 2.24) is 5.32 Å². The Kier molecular flexibility index (Phi) is 4.91. The second-order valence-electron chi connectivity index (χ2n) is 3.25. The number of benzene rings is 1. The summed E-state index contributed by atoms with van der Waals surface area (Å²) in [5, 5.41) is 3.42. The fourth-order valence-electron chi connectivity index (χ4n) is 1.26. The van der Waals surface area contributed by atoms with Crippen molar-refractivity contribution in [1.29, 1.82) is 0 Å². The van der Waals surface area contributed by atoms with Crippen LogP contribution in [0.15, 0.2) is 40.9 Å². The van der Waals surface area contributed by atoms with E-state index in [0.717, 1.165) is 11.0 Å². The van der Waals surface area contributed by atoms with Crippen molar-refractivity contribution in [2.75, 3.05) is 6.54 Å². The minimum Gasteiger partial charge on any atom is -0.307 e. The van der Waals surface area contributed by atoms with Gasteiger partial charge in [-0.2, -0.15) is 0 Å². The van der Waals surface area contributed by atoms with Crippen LogP contribution in [-0.4, -0.2) is 6.54 Å². The Hall–Kier alpha value is -0.600. The summed E-state index contributed by atoms with van der Waals surface area (Å²) in [5.41, 5.74) is 1.31. The molecule has 0 aromatic heterocycles. The zero-order valence-electron chi connectivity index (χ0n) is 8.63. The molecule has 2 heteroatoms. The van der Waals surface area contributed by atoms with Gasteiger partial charge in [-0.15, -0.1) is 0 Å². The predicted octanol–water partition coefficient (Wildman–Crippen LogP) is 3.68. The van der Waals surface area contributed by atoms with Gasteiger partial charge >= 0.3 is 0 Å². The minimum atomic E-state index is 0.392. The van der Waals surface area contributed by atoms with Crippen LogP contribution in [0.3, 0.4) is 0 Å². The second-order valence-corrected chi connectivity index (χ2v) is 4.17. The van der Waals surface area contributed by atoms with Crippen LogP contribution in [0.4, 0.5) is 0 Å². The predicted molar refractivity (Wildman–Crippen MR) is 65.4 cm³/mol. The first-order valence-corrected chi connectivity index (χ1v) is 5.63. The Morgan fingerprint density at radius 1 is 1.50 bits per heavy atom. The van der Waals surface area contributed by atoms with E-state index in [1.54, 1.807) is 0 Å². The van der Waals surface area contributed by atoms with Gasteiger partial charge in [-0.3, -0.25) is 0 Å². The van der Waals surface area contributed by atoms with Gasteiger partial charge in [0, 0.05) is 17.1 Å². The highest BCUT2D eigenvalue weighted by Crippen LogP contribution is 2.17. The summed E-state index contributed by atoms with van der Waals surface area (Å²) in [6.45, 7) is 5.13. The molecule has 0 aliphatic carbocycles. The molecule has 1 aromatic rings. The van der Waals surface area contributed by atoms with Gasteiger partial charge in [-0.25, -0.2) is 0 Å². The third-order valence-corrected chi connectivity index (χ3v) is 2.62. The third-order valence-electron chi connectivity index (χ3n) is 2.13. The van der Waals surface area contributed by atoms with E-state index in [2.05, 4.69) is 58.5 Å². The van der Waals surface area contributed by atoms with E-state index in [1.165, 1.54) is 5.56 Å². The summed E-state index contributed by atoms with van der Waals surface area (Å²) in [6, 6.07) is 8.78. The molecule has 0 fully saturated rings. The third kappa shape index (κ3) is 3.64.